The highest BCUT2D eigenvalue weighted by atomic mass is 35.7. The van der Waals surface area contributed by atoms with Crippen molar-refractivity contribution in [2.24, 2.45) is 0 Å². The van der Waals surface area contributed by atoms with Crippen molar-refractivity contribution in [1.82, 2.24) is 0 Å². The van der Waals surface area contributed by atoms with Crippen molar-refractivity contribution in [1.29, 1.82) is 0 Å². The van der Waals surface area contributed by atoms with E-state index in [9.17, 15) is 8.42 Å². The summed E-state index contributed by atoms with van der Waals surface area (Å²) in [6.07, 6.45) is 0. The Kier molecular flexibility index (Phi) is 2.70. The lowest BCUT2D eigenvalue weighted by atomic mass is 10.3. The molecule has 0 aliphatic carbocycles. The molecule has 0 aliphatic heterocycles. The van der Waals surface area contributed by atoms with Crippen LogP contribution >= 0.6 is 10.7 Å². The molecule has 2 nitrogen and oxygen atoms in total. The fourth-order valence-corrected chi connectivity index (χ4v) is 1.18. The molecule has 1 atom stereocenters. The van der Waals surface area contributed by atoms with Gasteiger partial charge in [-0.15, -0.1) is 0 Å². The van der Waals surface area contributed by atoms with Crippen LogP contribution in [0.3, 0.4) is 0 Å². The Morgan fingerprint density at radius 3 is 2.00 bits per heavy atom. The van der Waals surface area contributed by atoms with Gasteiger partial charge in [0.25, 0.3) is 0 Å². The van der Waals surface area contributed by atoms with Gasteiger partial charge < -0.3 is 0 Å². The molecule has 0 bridgehead atoms. The first kappa shape index (κ1) is 8.98. The molecule has 4 heteroatoms. The Morgan fingerprint density at radius 2 is 2.00 bits per heavy atom. The Labute approximate surface area is 59.9 Å². The Bertz CT molecular complexity index is 205. The van der Waals surface area contributed by atoms with Gasteiger partial charge in [0.1, 0.15) is 0 Å². The molecule has 0 aromatic rings. The third-order valence-electron chi connectivity index (χ3n) is 1.12. The third kappa shape index (κ3) is 2.87. The largest absolute Gasteiger partial charge is 0.238 e. The molecule has 0 spiro atoms. The summed E-state index contributed by atoms with van der Waals surface area (Å²) in [7, 11) is 1.56. The number of rotatable bonds is 2. The molecule has 0 saturated carbocycles. The Morgan fingerprint density at radius 1 is 1.67 bits per heavy atom. The van der Waals surface area contributed by atoms with Crippen LogP contribution in [0.5, 0.6) is 0 Å². The van der Waals surface area contributed by atoms with E-state index in [0.29, 0.717) is 5.57 Å². The second-order valence-corrected chi connectivity index (χ2v) is 4.91. The van der Waals surface area contributed by atoms with Gasteiger partial charge in [-0.05, 0) is 13.8 Å². The predicted molar refractivity (Wildman–Crippen MR) is 39.0 cm³/mol. The fraction of sp³-hybridized carbons (Fsp3) is 0.600. The van der Waals surface area contributed by atoms with Crippen LogP contribution in [0.2, 0.25) is 0 Å². The molecular weight excluding hydrogens is 160 g/mol. The molecule has 0 unspecified atom stereocenters. The van der Waals surface area contributed by atoms with Crippen LogP contribution in [0.4, 0.5) is 0 Å². The summed E-state index contributed by atoms with van der Waals surface area (Å²) < 4.78 is 21.0. The van der Waals surface area contributed by atoms with Crippen molar-refractivity contribution in [2.45, 2.75) is 19.1 Å². The lowest BCUT2D eigenvalue weighted by Crippen LogP contribution is -2.11. The van der Waals surface area contributed by atoms with E-state index >= 15 is 0 Å². The van der Waals surface area contributed by atoms with Gasteiger partial charge in [-0.2, -0.15) is 0 Å². The highest BCUT2D eigenvalue weighted by molar-refractivity contribution is 8.14. The van der Waals surface area contributed by atoms with E-state index in [1.54, 1.807) is 6.92 Å². The van der Waals surface area contributed by atoms with Crippen molar-refractivity contribution < 1.29 is 8.42 Å². The molecule has 54 valence electrons. The molecule has 0 rings (SSSR count). The topological polar surface area (TPSA) is 34.1 Å². The number of hydrogen-bond acceptors (Lipinski definition) is 2. The average molecular weight is 169 g/mol. The molecule has 0 saturated heterocycles. The summed E-state index contributed by atoms with van der Waals surface area (Å²) in [6, 6.07) is 0. The van der Waals surface area contributed by atoms with Gasteiger partial charge in [0.2, 0.25) is 9.05 Å². The summed E-state index contributed by atoms with van der Waals surface area (Å²) >= 11 is 0. The van der Waals surface area contributed by atoms with Gasteiger partial charge in [0, 0.05) is 10.7 Å². The predicted octanol–water partition coefficient (Wildman–Crippen LogP) is 1.52. The highest BCUT2D eigenvalue weighted by Gasteiger charge is 2.16. The first-order valence-corrected chi connectivity index (χ1v) is 4.82. The maximum atomic E-state index is 10.5. The smallest absolute Gasteiger partial charge is 0.212 e. The average Bonchev–Trinajstić information content (AvgIpc) is 1.62. The second-order valence-electron chi connectivity index (χ2n) is 1.96. The third-order valence-corrected chi connectivity index (χ3v) is 3.17. The first-order chi connectivity index (χ1) is 3.85. The fourth-order valence-electron chi connectivity index (χ4n) is 0.240. The SMILES string of the molecule is C=C(C)[C@@H](C)S(=O)(=O)Cl. The minimum Gasteiger partial charge on any atom is -0.212 e. The normalized spacial score (nSPS) is 15.0. The van der Waals surface area contributed by atoms with E-state index in [2.05, 4.69) is 6.58 Å². The van der Waals surface area contributed by atoms with Gasteiger partial charge in [0.05, 0.1) is 5.25 Å². The van der Waals surface area contributed by atoms with Crippen LogP contribution in [0.25, 0.3) is 0 Å². The van der Waals surface area contributed by atoms with E-state index in [-0.39, 0.29) is 0 Å². The zero-order valence-electron chi connectivity index (χ0n) is 5.39. The molecule has 0 radical (unpaired) electrons. The highest BCUT2D eigenvalue weighted by Crippen LogP contribution is 2.12. The zero-order valence-corrected chi connectivity index (χ0v) is 6.96. The van der Waals surface area contributed by atoms with Gasteiger partial charge >= 0.3 is 0 Å². The van der Waals surface area contributed by atoms with Gasteiger partial charge in [-0.3, -0.25) is 0 Å². The van der Waals surface area contributed by atoms with E-state index < -0.39 is 14.3 Å². The van der Waals surface area contributed by atoms with Crippen LogP contribution < -0.4 is 0 Å². The molecule has 0 fully saturated rings. The maximum absolute atomic E-state index is 10.5. The Hall–Kier alpha value is -0.0200. The minimum absolute atomic E-state index is 0.560. The molecule has 9 heavy (non-hydrogen) atoms. The second kappa shape index (κ2) is 2.71. The number of hydrogen-bond donors (Lipinski definition) is 0. The quantitative estimate of drug-likeness (QED) is 0.463. The van der Waals surface area contributed by atoms with E-state index in [1.807, 2.05) is 0 Å². The van der Waals surface area contributed by atoms with E-state index in [1.165, 1.54) is 6.92 Å². The molecule has 0 aliphatic rings. The first-order valence-electron chi connectivity index (χ1n) is 2.44. The van der Waals surface area contributed by atoms with Crippen LogP contribution in [-0.2, 0) is 9.05 Å². The summed E-state index contributed by atoms with van der Waals surface area (Å²) in [5.74, 6) is 0. The minimum atomic E-state index is -3.43. The van der Waals surface area contributed by atoms with Crippen LogP contribution in [0.1, 0.15) is 13.8 Å². The van der Waals surface area contributed by atoms with Crippen molar-refractivity contribution in [2.75, 3.05) is 0 Å². The lowest BCUT2D eigenvalue weighted by molar-refractivity contribution is 0.603. The lowest BCUT2D eigenvalue weighted by Gasteiger charge is -2.04. The molecule has 0 aromatic carbocycles. The van der Waals surface area contributed by atoms with Crippen LogP contribution in [0.15, 0.2) is 12.2 Å². The van der Waals surface area contributed by atoms with Gasteiger partial charge in [0.15, 0.2) is 0 Å². The summed E-state index contributed by atoms with van der Waals surface area (Å²) in [4.78, 5) is 0. The van der Waals surface area contributed by atoms with E-state index in [0.717, 1.165) is 0 Å². The van der Waals surface area contributed by atoms with Crippen molar-refractivity contribution >= 4 is 19.7 Å². The summed E-state index contributed by atoms with van der Waals surface area (Å²) in [5.41, 5.74) is 0.560. The van der Waals surface area contributed by atoms with Gasteiger partial charge in [-0.1, -0.05) is 12.2 Å². The van der Waals surface area contributed by atoms with Crippen LogP contribution in [-0.4, -0.2) is 13.7 Å². The van der Waals surface area contributed by atoms with Crippen molar-refractivity contribution in [3.8, 4) is 0 Å². The maximum Gasteiger partial charge on any atom is 0.238 e. The van der Waals surface area contributed by atoms with E-state index in [4.69, 9.17) is 10.7 Å². The summed E-state index contributed by atoms with van der Waals surface area (Å²) in [5, 5.41) is -0.640. The molecule has 0 aromatic heterocycles. The van der Waals surface area contributed by atoms with Crippen molar-refractivity contribution in [3.63, 3.8) is 0 Å². The molecule has 0 N–H and O–H groups in total. The van der Waals surface area contributed by atoms with Gasteiger partial charge in [-0.25, -0.2) is 8.42 Å². The van der Waals surface area contributed by atoms with Crippen LogP contribution in [0, 0.1) is 0 Å². The number of halogens is 1. The Balaban J connectivity index is 4.43. The molecule has 0 heterocycles. The molecular formula is C5H9ClO2S. The standard InChI is InChI=1S/C5H9ClO2S/c1-4(2)5(3)9(6,7)8/h5H,1H2,2-3H3/t5-/m1/s1. The monoisotopic (exact) mass is 168 g/mol. The summed E-state index contributed by atoms with van der Waals surface area (Å²) in [6.45, 7) is 6.59. The zero-order chi connectivity index (χ0) is 7.65. The molecule has 0 amide bonds. The van der Waals surface area contributed by atoms with Crippen molar-refractivity contribution in [3.05, 3.63) is 12.2 Å².